The van der Waals surface area contributed by atoms with Gasteiger partial charge in [0.25, 0.3) is 0 Å². The molecule has 0 saturated heterocycles. The molecule has 0 aliphatic heterocycles. The minimum Gasteiger partial charge on any atom is -0.457 e. The van der Waals surface area contributed by atoms with Gasteiger partial charge < -0.3 is 4.74 Å². The van der Waals surface area contributed by atoms with Gasteiger partial charge in [-0.15, -0.1) is 0 Å². The average Bonchev–Trinajstić information content (AvgIpc) is 2.53. The fourth-order valence-electron chi connectivity index (χ4n) is 1.66. The number of carbonyl (C=O) groups is 1. The van der Waals surface area contributed by atoms with Gasteiger partial charge >= 0.3 is 5.97 Å². The van der Waals surface area contributed by atoms with E-state index in [0.29, 0.717) is 5.57 Å². The largest absolute Gasteiger partial charge is 0.457 e. The monoisotopic (exact) mass is 300 g/mol. The highest BCUT2D eigenvalue weighted by Gasteiger charge is 2.07. The van der Waals surface area contributed by atoms with Gasteiger partial charge in [0, 0.05) is 15.4 Å². The maximum absolute atomic E-state index is 12.3. The first-order valence-corrected chi connectivity index (χ1v) is 7.61. The zero-order valence-electron chi connectivity index (χ0n) is 11.7. The molecule has 0 heterocycles. The molecule has 0 saturated carbocycles. The lowest BCUT2D eigenvalue weighted by Crippen LogP contribution is -2.04. The minimum absolute atomic E-state index is 0.184. The van der Waals surface area contributed by atoms with Crippen molar-refractivity contribution in [2.45, 2.75) is 23.3 Å². The first-order chi connectivity index (χ1) is 10.1. The van der Waals surface area contributed by atoms with Crippen LogP contribution in [0, 0.1) is 0 Å². The maximum atomic E-state index is 12.3. The first kappa shape index (κ1) is 15.2. The van der Waals surface area contributed by atoms with Gasteiger partial charge in [0.15, 0.2) is 0 Å². The molecule has 0 amide bonds. The van der Waals surface area contributed by atoms with E-state index in [1.165, 1.54) is 0 Å². The number of rotatable bonds is 5. The Balaban J connectivity index is 2.04. The van der Waals surface area contributed by atoms with Crippen LogP contribution in [0.25, 0.3) is 0 Å². The summed E-state index contributed by atoms with van der Waals surface area (Å²) < 4.78 is 17.4. The van der Waals surface area contributed by atoms with Gasteiger partial charge in [0.2, 0.25) is 0 Å². The minimum atomic E-state index is -1.20. The van der Waals surface area contributed by atoms with Crippen LogP contribution in [0.4, 0.5) is 0 Å². The van der Waals surface area contributed by atoms with Crippen LogP contribution in [-0.4, -0.2) is 10.2 Å². The van der Waals surface area contributed by atoms with Gasteiger partial charge in [0.1, 0.15) is 6.61 Å². The van der Waals surface area contributed by atoms with Crippen molar-refractivity contribution in [2.24, 2.45) is 0 Å². The predicted molar refractivity (Wildman–Crippen MR) is 82.2 cm³/mol. The molecule has 2 rings (SSSR count). The van der Waals surface area contributed by atoms with Gasteiger partial charge in [0.05, 0.1) is 10.8 Å². The number of carbonyl (C=O) groups excluding carboxylic acids is 1. The summed E-state index contributed by atoms with van der Waals surface area (Å²) >= 11 is 0. The lowest BCUT2D eigenvalue weighted by molar-refractivity contribution is -0.140. The molecule has 0 aliphatic carbocycles. The molecule has 0 N–H and O–H groups in total. The highest BCUT2D eigenvalue weighted by atomic mass is 32.2. The Bertz CT molecular complexity index is 660. The molecule has 108 valence electrons. The van der Waals surface area contributed by atoms with Crippen LogP contribution in [0.2, 0.25) is 0 Å². The Hall–Kier alpha value is -2.20. The summed E-state index contributed by atoms with van der Waals surface area (Å²) in [6.07, 6.45) is 0. The van der Waals surface area contributed by atoms with Crippen molar-refractivity contribution in [3.05, 3.63) is 72.3 Å². The maximum Gasteiger partial charge on any atom is 0.333 e. The number of hydrogen-bond acceptors (Lipinski definition) is 3. The third kappa shape index (κ3) is 4.13. The summed E-state index contributed by atoms with van der Waals surface area (Å²) in [5.74, 6) is -0.410. The summed E-state index contributed by atoms with van der Waals surface area (Å²) in [6.45, 7) is 5.31. The molecule has 2 aromatic rings. The van der Waals surface area contributed by atoms with Crippen molar-refractivity contribution in [1.29, 1.82) is 0 Å². The molecule has 3 nitrogen and oxygen atoms in total. The molecule has 0 aromatic heterocycles. The molecule has 1 atom stereocenters. The summed E-state index contributed by atoms with van der Waals surface area (Å²) in [6, 6.07) is 16.5. The zero-order valence-corrected chi connectivity index (χ0v) is 12.6. The zero-order chi connectivity index (χ0) is 15.2. The summed E-state index contributed by atoms with van der Waals surface area (Å²) in [7, 11) is -1.20. The van der Waals surface area contributed by atoms with Gasteiger partial charge in [-0.3, -0.25) is 0 Å². The van der Waals surface area contributed by atoms with E-state index >= 15 is 0 Å². The molecule has 4 heteroatoms. The second-order valence-electron chi connectivity index (χ2n) is 4.58. The van der Waals surface area contributed by atoms with Crippen LogP contribution in [0.1, 0.15) is 12.5 Å². The van der Waals surface area contributed by atoms with Crippen molar-refractivity contribution in [1.82, 2.24) is 0 Å². The average molecular weight is 300 g/mol. The van der Waals surface area contributed by atoms with Gasteiger partial charge in [-0.1, -0.05) is 36.9 Å². The van der Waals surface area contributed by atoms with Crippen molar-refractivity contribution in [3.63, 3.8) is 0 Å². The van der Waals surface area contributed by atoms with Crippen molar-refractivity contribution < 1.29 is 13.7 Å². The van der Waals surface area contributed by atoms with Crippen LogP contribution in [0.15, 0.2) is 76.5 Å². The Kier molecular flexibility index (Phi) is 5.06. The van der Waals surface area contributed by atoms with Crippen molar-refractivity contribution >= 4 is 16.8 Å². The Labute approximate surface area is 126 Å². The second-order valence-corrected chi connectivity index (χ2v) is 6.06. The fraction of sp³-hybridized carbons (Fsp3) is 0.118. The second kappa shape index (κ2) is 6.99. The third-order valence-electron chi connectivity index (χ3n) is 2.81. The van der Waals surface area contributed by atoms with E-state index in [4.69, 9.17) is 4.74 Å². The van der Waals surface area contributed by atoms with Crippen LogP contribution in [0.3, 0.4) is 0 Å². The summed E-state index contributed by atoms with van der Waals surface area (Å²) in [5, 5.41) is 0. The summed E-state index contributed by atoms with van der Waals surface area (Å²) in [5.41, 5.74) is 1.22. The molecular weight excluding hydrogens is 284 g/mol. The normalized spacial score (nSPS) is 11.7. The summed E-state index contributed by atoms with van der Waals surface area (Å²) in [4.78, 5) is 12.8. The van der Waals surface area contributed by atoms with Crippen LogP contribution >= 0.6 is 0 Å². The molecule has 0 spiro atoms. The lowest BCUT2D eigenvalue weighted by atomic mass is 10.2. The lowest BCUT2D eigenvalue weighted by Gasteiger charge is -2.06. The number of benzene rings is 2. The smallest absolute Gasteiger partial charge is 0.333 e. The molecular formula is C17H16O3S. The van der Waals surface area contributed by atoms with Crippen LogP contribution < -0.4 is 0 Å². The number of hydrogen-bond donors (Lipinski definition) is 0. The predicted octanol–water partition coefficient (Wildman–Crippen LogP) is 3.47. The first-order valence-electron chi connectivity index (χ1n) is 6.46. The fourth-order valence-corrected chi connectivity index (χ4v) is 2.72. The van der Waals surface area contributed by atoms with Crippen molar-refractivity contribution in [3.8, 4) is 0 Å². The molecule has 0 radical (unpaired) electrons. The van der Waals surface area contributed by atoms with Crippen LogP contribution in [-0.2, 0) is 26.9 Å². The topological polar surface area (TPSA) is 43.4 Å². The van der Waals surface area contributed by atoms with E-state index in [0.717, 1.165) is 15.4 Å². The van der Waals surface area contributed by atoms with Gasteiger partial charge in [-0.2, -0.15) is 0 Å². The molecule has 21 heavy (non-hydrogen) atoms. The van der Waals surface area contributed by atoms with E-state index in [9.17, 15) is 9.00 Å². The molecule has 0 fully saturated rings. The van der Waals surface area contributed by atoms with Crippen molar-refractivity contribution in [2.75, 3.05) is 0 Å². The van der Waals surface area contributed by atoms with E-state index in [-0.39, 0.29) is 6.61 Å². The SMILES string of the molecule is C=C(C)C(=O)OCc1ccc(S(=O)c2ccccc2)cc1. The molecule has 2 aromatic carbocycles. The third-order valence-corrected chi connectivity index (χ3v) is 4.21. The van der Waals surface area contributed by atoms with E-state index in [1.807, 2.05) is 42.5 Å². The highest BCUT2D eigenvalue weighted by molar-refractivity contribution is 7.85. The number of ether oxygens (including phenoxy) is 1. The standard InChI is InChI=1S/C17H16O3S/c1-13(2)17(18)20-12-14-8-10-16(11-9-14)21(19)15-6-4-3-5-7-15/h3-11H,1,12H2,2H3. The van der Waals surface area contributed by atoms with E-state index in [1.54, 1.807) is 19.1 Å². The molecule has 0 aliphatic rings. The van der Waals surface area contributed by atoms with Gasteiger partial charge in [-0.05, 0) is 36.8 Å². The molecule has 0 bridgehead atoms. The van der Waals surface area contributed by atoms with Gasteiger partial charge in [-0.25, -0.2) is 9.00 Å². The Morgan fingerprint density at radius 1 is 1.05 bits per heavy atom. The highest BCUT2D eigenvalue weighted by Crippen LogP contribution is 2.17. The van der Waals surface area contributed by atoms with Crippen LogP contribution in [0.5, 0.6) is 0 Å². The molecule has 1 unspecified atom stereocenters. The Morgan fingerprint density at radius 2 is 1.62 bits per heavy atom. The van der Waals surface area contributed by atoms with E-state index in [2.05, 4.69) is 6.58 Å². The quantitative estimate of drug-likeness (QED) is 0.627. The van der Waals surface area contributed by atoms with E-state index < -0.39 is 16.8 Å². The Morgan fingerprint density at radius 3 is 2.19 bits per heavy atom. The number of esters is 1.